The maximum Gasteiger partial charge on any atom is 0.240 e. The van der Waals surface area contributed by atoms with Gasteiger partial charge in [0.15, 0.2) is 0 Å². The van der Waals surface area contributed by atoms with E-state index in [0.29, 0.717) is 11.3 Å². The van der Waals surface area contributed by atoms with E-state index in [0.717, 1.165) is 13.0 Å². The number of aryl methyl sites for hydroxylation is 1. The summed E-state index contributed by atoms with van der Waals surface area (Å²) in [4.78, 5) is 16.2. The molecule has 1 aromatic heterocycles. The molecule has 1 aliphatic heterocycles. The highest BCUT2D eigenvalue weighted by atomic mass is 32.2. The number of hydrogen-bond donors (Lipinski definition) is 2. The van der Waals surface area contributed by atoms with E-state index in [1.54, 1.807) is 30.4 Å². The first-order chi connectivity index (χ1) is 12.3. The van der Waals surface area contributed by atoms with Crippen LogP contribution >= 0.6 is 11.3 Å². The number of carbonyl (C=O) groups is 1. The largest absolute Gasteiger partial charge is 0.325 e. The first-order valence-corrected chi connectivity index (χ1v) is 10.8. The van der Waals surface area contributed by atoms with Gasteiger partial charge in [-0.25, -0.2) is 13.1 Å². The van der Waals surface area contributed by atoms with E-state index >= 15 is 0 Å². The second-order valence-corrected chi connectivity index (χ2v) is 9.29. The van der Waals surface area contributed by atoms with Gasteiger partial charge in [-0.15, -0.1) is 11.3 Å². The van der Waals surface area contributed by atoms with E-state index in [2.05, 4.69) is 33.3 Å². The molecule has 0 saturated heterocycles. The van der Waals surface area contributed by atoms with Crippen LogP contribution in [0, 0.1) is 6.92 Å². The zero-order chi connectivity index (χ0) is 18.9. The molecule has 6 nitrogen and oxygen atoms in total. The number of benzene rings is 1. The van der Waals surface area contributed by atoms with Crippen LogP contribution < -0.4 is 10.0 Å². The molecule has 8 heteroatoms. The number of carbonyl (C=O) groups excluding carboxylic acids is 1. The lowest BCUT2D eigenvalue weighted by Crippen LogP contribution is -2.39. The zero-order valence-electron chi connectivity index (χ0n) is 15.1. The number of nitrogens with zero attached hydrogens (tertiary/aromatic N) is 1. The first kappa shape index (κ1) is 19.0. The van der Waals surface area contributed by atoms with Crippen molar-refractivity contribution in [1.82, 2.24) is 9.62 Å². The molecule has 0 unspecified atom stereocenters. The van der Waals surface area contributed by atoms with Gasteiger partial charge in [0.25, 0.3) is 0 Å². The van der Waals surface area contributed by atoms with Gasteiger partial charge in [-0.3, -0.25) is 9.69 Å². The lowest BCUT2D eigenvalue weighted by Gasteiger charge is -2.32. The van der Waals surface area contributed by atoms with Crippen LogP contribution in [0.4, 0.5) is 5.69 Å². The standard InChI is InChI=1S/C18H23N3O3S2/c1-12-4-5-14(10-17(12)26(23,24)19-3)20-18(22)11-21-8-6-16-15(13(21)2)7-9-25-16/h4-5,7,9-10,13,19H,6,8,11H2,1-3H3,(H,20,22)/t13-/m0/s1. The number of anilines is 1. The van der Waals surface area contributed by atoms with E-state index in [9.17, 15) is 13.2 Å². The minimum atomic E-state index is -3.56. The zero-order valence-corrected chi connectivity index (χ0v) is 16.7. The molecule has 3 rings (SSSR count). The topological polar surface area (TPSA) is 78.5 Å². The Balaban J connectivity index is 1.70. The average molecular weight is 394 g/mol. The molecule has 1 atom stereocenters. The average Bonchev–Trinajstić information content (AvgIpc) is 3.08. The molecular formula is C18H23N3O3S2. The molecule has 0 bridgehead atoms. The predicted molar refractivity (Wildman–Crippen MR) is 104 cm³/mol. The fourth-order valence-electron chi connectivity index (χ4n) is 3.24. The molecule has 1 aliphatic rings. The number of amides is 1. The highest BCUT2D eigenvalue weighted by molar-refractivity contribution is 7.89. The Morgan fingerprint density at radius 1 is 1.35 bits per heavy atom. The van der Waals surface area contributed by atoms with Crippen molar-refractivity contribution in [3.63, 3.8) is 0 Å². The number of nitrogens with one attached hydrogen (secondary N) is 2. The Bertz CT molecular complexity index is 922. The number of rotatable bonds is 5. The molecule has 0 aliphatic carbocycles. The van der Waals surface area contributed by atoms with Crippen molar-refractivity contribution in [1.29, 1.82) is 0 Å². The number of sulfonamides is 1. The van der Waals surface area contributed by atoms with Crippen molar-refractivity contribution in [2.45, 2.75) is 31.2 Å². The van der Waals surface area contributed by atoms with Crippen molar-refractivity contribution < 1.29 is 13.2 Å². The van der Waals surface area contributed by atoms with Crippen molar-refractivity contribution in [2.24, 2.45) is 0 Å². The molecule has 1 amide bonds. The summed E-state index contributed by atoms with van der Waals surface area (Å²) < 4.78 is 26.5. The van der Waals surface area contributed by atoms with Crippen LogP contribution in [0.2, 0.25) is 0 Å². The minimum absolute atomic E-state index is 0.146. The van der Waals surface area contributed by atoms with Gasteiger partial charge in [-0.1, -0.05) is 6.07 Å². The van der Waals surface area contributed by atoms with Gasteiger partial charge in [0.2, 0.25) is 15.9 Å². The highest BCUT2D eigenvalue weighted by Gasteiger charge is 2.26. The van der Waals surface area contributed by atoms with Crippen LogP contribution in [0.1, 0.15) is 29.0 Å². The van der Waals surface area contributed by atoms with Crippen LogP contribution in [-0.2, 0) is 21.2 Å². The van der Waals surface area contributed by atoms with Crippen LogP contribution in [0.15, 0.2) is 34.5 Å². The SMILES string of the molecule is CNS(=O)(=O)c1cc(NC(=O)CN2CCc3sccc3[C@@H]2C)ccc1C. The van der Waals surface area contributed by atoms with Gasteiger partial charge < -0.3 is 5.32 Å². The lowest BCUT2D eigenvalue weighted by molar-refractivity contribution is -0.117. The van der Waals surface area contributed by atoms with Crippen LogP contribution in [0.5, 0.6) is 0 Å². The fraction of sp³-hybridized carbons (Fsp3) is 0.389. The Morgan fingerprint density at radius 3 is 2.85 bits per heavy atom. The van der Waals surface area contributed by atoms with E-state index in [1.807, 2.05) is 0 Å². The molecule has 0 radical (unpaired) electrons. The van der Waals surface area contributed by atoms with Gasteiger partial charge in [-0.2, -0.15) is 0 Å². The van der Waals surface area contributed by atoms with E-state index in [-0.39, 0.29) is 23.4 Å². The highest BCUT2D eigenvalue weighted by Crippen LogP contribution is 2.32. The maximum atomic E-state index is 12.5. The molecule has 26 heavy (non-hydrogen) atoms. The Labute approximate surface area is 158 Å². The molecular weight excluding hydrogens is 370 g/mol. The van der Waals surface area contributed by atoms with Crippen LogP contribution in [0.3, 0.4) is 0 Å². The third-order valence-electron chi connectivity index (χ3n) is 4.78. The van der Waals surface area contributed by atoms with Gasteiger partial charge in [0, 0.05) is 23.2 Å². The third kappa shape index (κ3) is 3.83. The van der Waals surface area contributed by atoms with Crippen LogP contribution in [0.25, 0.3) is 0 Å². The fourth-order valence-corrected chi connectivity index (χ4v) is 5.20. The monoisotopic (exact) mass is 393 g/mol. The minimum Gasteiger partial charge on any atom is -0.325 e. The summed E-state index contributed by atoms with van der Waals surface area (Å²) in [5, 5.41) is 4.92. The first-order valence-electron chi connectivity index (χ1n) is 8.46. The quantitative estimate of drug-likeness (QED) is 0.818. The van der Waals surface area contributed by atoms with Gasteiger partial charge in [0.1, 0.15) is 0 Å². The second kappa shape index (κ2) is 7.48. The van der Waals surface area contributed by atoms with E-state index in [1.165, 1.54) is 23.6 Å². The number of hydrogen-bond acceptors (Lipinski definition) is 5. The summed E-state index contributed by atoms with van der Waals surface area (Å²) >= 11 is 1.77. The molecule has 1 aromatic carbocycles. The number of fused-ring (bicyclic) bond motifs is 1. The van der Waals surface area contributed by atoms with Gasteiger partial charge >= 0.3 is 0 Å². The third-order valence-corrected chi connectivity index (χ3v) is 7.33. The van der Waals surface area contributed by atoms with Crippen molar-refractivity contribution in [3.8, 4) is 0 Å². The summed E-state index contributed by atoms with van der Waals surface area (Å²) in [6.45, 7) is 4.96. The van der Waals surface area contributed by atoms with Crippen molar-refractivity contribution in [2.75, 3.05) is 25.5 Å². The summed E-state index contributed by atoms with van der Waals surface area (Å²) in [5.41, 5.74) is 2.41. The molecule has 140 valence electrons. The van der Waals surface area contributed by atoms with E-state index in [4.69, 9.17) is 0 Å². The molecule has 0 fully saturated rings. The molecule has 2 aromatic rings. The summed E-state index contributed by atoms with van der Waals surface area (Å²) in [5.74, 6) is -0.146. The maximum absolute atomic E-state index is 12.5. The summed E-state index contributed by atoms with van der Waals surface area (Å²) in [6, 6.07) is 7.24. The second-order valence-electron chi connectivity index (χ2n) is 6.43. The molecule has 2 heterocycles. The van der Waals surface area contributed by atoms with Gasteiger partial charge in [0.05, 0.1) is 11.4 Å². The predicted octanol–water partition coefficient (Wildman–Crippen LogP) is 2.52. The van der Waals surface area contributed by atoms with E-state index < -0.39 is 10.0 Å². The summed E-state index contributed by atoms with van der Waals surface area (Å²) in [6.07, 6.45) is 0.958. The lowest BCUT2D eigenvalue weighted by atomic mass is 10.0. The van der Waals surface area contributed by atoms with Crippen LogP contribution in [-0.4, -0.2) is 39.4 Å². The molecule has 2 N–H and O–H groups in total. The Hall–Kier alpha value is -1.74. The summed E-state index contributed by atoms with van der Waals surface area (Å²) in [7, 11) is -2.19. The smallest absolute Gasteiger partial charge is 0.240 e. The Morgan fingerprint density at radius 2 is 2.12 bits per heavy atom. The normalized spacial score (nSPS) is 17.7. The van der Waals surface area contributed by atoms with Gasteiger partial charge in [-0.05, 0) is 62.0 Å². The van der Waals surface area contributed by atoms with Crippen molar-refractivity contribution >= 4 is 33.0 Å². The molecule has 0 spiro atoms. The van der Waals surface area contributed by atoms with Crippen molar-refractivity contribution in [3.05, 3.63) is 45.6 Å². The Kier molecular flexibility index (Phi) is 5.47. The number of thiophene rings is 1. The molecule has 0 saturated carbocycles.